The molecule has 0 bridgehead atoms. The van der Waals surface area contributed by atoms with E-state index in [1.807, 2.05) is 32.9 Å². The number of nitro groups is 1. The number of alkyl halides is 3. The summed E-state index contributed by atoms with van der Waals surface area (Å²) in [6.45, 7) is 12.2. The molecule has 0 aliphatic carbocycles. The van der Waals surface area contributed by atoms with Crippen LogP contribution in [0.1, 0.15) is 45.6 Å². The van der Waals surface area contributed by atoms with Crippen molar-refractivity contribution in [2.45, 2.75) is 56.5 Å². The molecule has 2 heterocycles. The second-order valence-corrected chi connectivity index (χ2v) is 9.93. The normalized spacial score (nSPS) is 14.2. The Morgan fingerprint density at radius 2 is 1.95 bits per heavy atom. The van der Waals surface area contributed by atoms with Gasteiger partial charge in [0.05, 0.1) is 14.7 Å². The topological polar surface area (TPSA) is 90.7 Å². The lowest BCUT2D eigenvalue weighted by atomic mass is 10.2. The SMILES string of the molecule is C=CC(C/C=C\C)Nc1sc(SNc2ccc(C(F)(F)F)c(O)c2)cc1[N+](=O)[O-].CC.CN1CCCC1. The third-order valence-corrected chi connectivity index (χ3v) is 7.02. The zero-order valence-corrected chi connectivity index (χ0v) is 23.1. The van der Waals surface area contributed by atoms with E-state index < -0.39 is 22.4 Å². The van der Waals surface area contributed by atoms with Gasteiger partial charge in [0, 0.05) is 23.9 Å². The van der Waals surface area contributed by atoms with Crippen LogP contribution in [-0.4, -0.2) is 41.1 Å². The number of allylic oxidation sites excluding steroid dienone is 1. The first kappa shape index (κ1) is 32.3. The van der Waals surface area contributed by atoms with Crippen molar-refractivity contribution < 1.29 is 23.2 Å². The van der Waals surface area contributed by atoms with E-state index in [0.29, 0.717) is 15.6 Å². The predicted molar refractivity (Wildman–Crippen MR) is 149 cm³/mol. The van der Waals surface area contributed by atoms with E-state index in [0.717, 1.165) is 35.4 Å². The molecule has 2 aromatic rings. The molecule has 1 aliphatic heterocycles. The summed E-state index contributed by atoms with van der Waals surface area (Å²) >= 11 is 2.12. The minimum absolute atomic E-state index is 0.109. The van der Waals surface area contributed by atoms with Crippen LogP contribution in [0, 0.1) is 10.1 Å². The summed E-state index contributed by atoms with van der Waals surface area (Å²) in [4.78, 5) is 13.2. The number of benzene rings is 1. The Morgan fingerprint density at radius 3 is 2.41 bits per heavy atom. The highest BCUT2D eigenvalue weighted by Gasteiger charge is 2.33. The molecule has 3 N–H and O–H groups in total. The first-order chi connectivity index (χ1) is 17.5. The number of phenolic OH excluding ortho intramolecular Hbond substituents is 1. The molecule has 1 fully saturated rings. The maximum absolute atomic E-state index is 12.7. The first-order valence-corrected chi connectivity index (χ1v) is 13.5. The highest BCUT2D eigenvalue weighted by molar-refractivity contribution is 8.02. The zero-order valence-electron chi connectivity index (χ0n) is 21.5. The number of phenols is 1. The second-order valence-electron chi connectivity index (χ2n) is 7.77. The second kappa shape index (κ2) is 16.2. The van der Waals surface area contributed by atoms with E-state index in [9.17, 15) is 28.4 Å². The van der Waals surface area contributed by atoms with Gasteiger partial charge in [-0.3, -0.25) is 10.1 Å². The highest BCUT2D eigenvalue weighted by Crippen LogP contribution is 2.42. The van der Waals surface area contributed by atoms with E-state index in [2.05, 4.69) is 28.6 Å². The molecular weight excluding hydrogens is 525 g/mol. The first-order valence-electron chi connectivity index (χ1n) is 11.8. The Morgan fingerprint density at radius 1 is 1.30 bits per heavy atom. The van der Waals surface area contributed by atoms with Crippen LogP contribution >= 0.6 is 23.3 Å². The average Bonchev–Trinajstić information content (AvgIpc) is 3.50. The van der Waals surface area contributed by atoms with Crippen LogP contribution in [0.25, 0.3) is 0 Å². The Labute approximate surface area is 224 Å². The molecule has 0 amide bonds. The summed E-state index contributed by atoms with van der Waals surface area (Å²) < 4.78 is 41.4. The van der Waals surface area contributed by atoms with Gasteiger partial charge in [-0.05, 0) is 70.4 Å². The molecule has 3 rings (SSSR count). The van der Waals surface area contributed by atoms with Gasteiger partial charge in [0.2, 0.25) is 0 Å². The molecule has 1 aromatic carbocycles. The summed E-state index contributed by atoms with van der Waals surface area (Å²) in [6.07, 6.45) is 4.21. The molecule has 37 heavy (non-hydrogen) atoms. The van der Waals surface area contributed by atoms with Gasteiger partial charge < -0.3 is 20.0 Å². The Hall–Kier alpha value is -2.70. The van der Waals surface area contributed by atoms with Crippen LogP contribution in [0.5, 0.6) is 5.75 Å². The lowest BCUT2D eigenvalue weighted by Crippen LogP contribution is -2.15. The van der Waals surface area contributed by atoms with E-state index in [1.54, 1.807) is 6.08 Å². The fourth-order valence-corrected chi connectivity index (χ4v) is 5.01. The molecule has 1 atom stereocenters. The van der Waals surface area contributed by atoms with Gasteiger partial charge in [0.25, 0.3) is 0 Å². The summed E-state index contributed by atoms with van der Waals surface area (Å²) in [5.41, 5.74) is -1.02. The molecule has 1 aliphatic rings. The van der Waals surface area contributed by atoms with Gasteiger partial charge in [-0.1, -0.05) is 32.1 Å². The van der Waals surface area contributed by atoms with E-state index in [1.165, 1.54) is 38.1 Å². The predicted octanol–water partition coefficient (Wildman–Crippen LogP) is 8.17. The number of nitrogens with zero attached hydrogens (tertiary/aromatic N) is 2. The maximum atomic E-state index is 12.7. The molecule has 0 radical (unpaired) electrons. The average molecular weight is 561 g/mol. The minimum Gasteiger partial charge on any atom is -0.507 e. The summed E-state index contributed by atoms with van der Waals surface area (Å²) in [5.74, 6) is -0.902. The number of aromatic hydroxyl groups is 1. The van der Waals surface area contributed by atoms with Crippen molar-refractivity contribution >= 4 is 39.7 Å². The standard InChI is InChI=1S/C18H18F3N3O3S2.C5H11N.C2H6/c1-3-5-6-11(4-2)22-17-14(24(26)27)10-16(28-17)29-23-12-7-8-13(15(25)9-12)18(19,20)21;1-6-4-2-3-5-6;1-2/h3-5,7-11,22-23,25H,2,6H2,1H3;2-5H2,1H3;1-2H3/b5-3-;;. The Balaban J connectivity index is 0.000000735. The van der Waals surface area contributed by atoms with Gasteiger partial charge in [0.15, 0.2) is 5.00 Å². The van der Waals surface area contributed by atoms with E-state index in [4.69, 9.17) is 0 Å². The molecular formula is C25H35F3N4O3S2. The third-order valence-electron chi connectivity index (χ3n) is 5.02. The van der Waals surface area contributed by atoms with Crippen molar-refractivity contribution in [3.63, 3.8) is 0 Å². The lowest BCUT2D eigenvalue weighted by molar-refractivity contribution is -0.383. The van der Waals surface area contributed by atoms with Crippen LogP contribution in [-0.2, 0) is 6.18 Å². The number of thiophene rings is 1. The number of hydrogen-bond acceptors (Lipinski definition) is 8. The molecule has 0 spiro atoms. The van der Waals surface area contributed by atoms with Gasteiger partial charge in [0.1, 0.15) is 5.75 Å². The number of likely N-dealkylation sites (tertiary alicyclic amines) is 1. The van der Waals surface area contributed by atoms with Crippen molar-refractivity contribution in [1.29, 1.82) is 0 Å². The smallest absolute Gasteiger partial charge is 0.419 e. The molecule has 1 aromatic heterocycles. The van der Waals surface area contributed by atoms with Crippen molar-refractivity contribution in [3.05, 3.63) is 64.8 Å². The zero-order chi connectivity index (χ0) is 28.0. The van der Waals surface area contributed by atoms with Gasteiger partial charge in [-0.2, -0.15) is 13.2 Å². The number of rotatable bonds is 9. The van der Waals surface area contributed by atoms with Crippen molar-refractivity contribution in [3.8, 4) is 5.75 Å². The largest absolute Gasteiger partial charge is 0.507 e. The van der Waals surface area contributed by atoms with Crippen molar-refractivity contribution in [2.75, 3.05) is 30.2 Å². The van der Waals surface area contributed by atoms with Gasteiger partial charge in [-0.25, -0.2) is 0 Å². The Bertz CT molecular complexity index is 1020. The van der Waals surface area contributed by atoms with Crippen molar-refractivity contribution in [2.24, 2.45) is 0 Å². The number of hydrogen-bond donors (Lipinski definition) is 3. The number of nitrogens with one attached hydrogen (secondary N) is 2. The summed E-state index contributed by atoms with van der Waals surface area (Å²) in [5, 5.41) is 24.3. The molecule has 0 saturated carbocycles. The molecule has 7 nitrogen and oxygen atoms in total. The fraction of sp³-hybridized carbons (Fsp3) is 0.440. The highest BCUT2D eigenvalue weighted by atomic mass is 32.2. The van der Waals surface area contributed by atoms with E-state index in [-0.39, 0.29) is 17.4 Å². The quantitative estimate of drug-likeness (QED) is 0.123. The monoisotopic (exact) mass is 560 g/mol. The van der Waals surface area contributed by atoms with Crippen LogP contribution in [0.3, 0.4) is 0 Å². The molecule has 12 heteroatoms. The number of halogens is 3. The van der Waals surface area contributed by atoms with Gasteiger partial charge >= 0.3 is 11.9 Å². The minimum atomic E-state index is -4.65. The van der Waals surface area contributed by atoms with Crippen LogP contribution in [0.4, 0.5) is 29.5 Å². The van der Waals surface area contributed by atoms with Crippen LogP contribution in [0.15, 0.2) is 53.3 Å². The molecule has 1 unspecified atom stereocenters. The lowest BCUT2D eigenvalue weighted by Gasteiger charge is -2.12. The van der Waals surface area contributed by atoms with Gasteiger partial charge in [-0.15, -0.1) is 17.9 Å². The fourth-order valence-electron chi connectivity index (χ4n) is 3.13. The maximum Gasteiger partial charge on any atom is 0.419 e. The summed E-state index contributed by atoms with van der Waals surface area (Å²) in [6, 6.07) is 4.05. The van der Waals surface area contributed by atoms with Crippen molar-refractivity contribution in [1.82, 2.24) is 4.90 Å². The van der Waals surface area contributed by atoms with Crippen LogP contribution in [0.2, 0.25) is 0 Å². The number of anilines is 2. The van der Waals surface area contributed by atoms with Crippen LogP contribution < -0.4 is 10.0 Å². The molecule has 206 valence electrons. The summed E-state index contributed by atoms with van der Waals surface area (Å²) in [7, 11) is 2.17. The molecule has 1 saturated heterocycles. The Kier molecular flexibility index (Phi) is 14.2. The third kappa shape index (κ3) is 11.1. The van der Waals surface area contributed by atoms with E-state index >= 15 is 0 Å².